The second-order valence-corrected chi connectivity index (χ2v) is 6.26. The fourth-order valence-corrected chi connectivity index (χ4v) is 2.65. The molecule has 102 valence electrons. The third-order valence-corrected chi connectivity index (χ3v) is 3.83. The van der Waals surface area contributed by atoms with Crippen molar-refractivity contribution in [3.63, 3.8) is 0 Å². The van der Waals surface area contributed by atoms with E-state index in [4.69, 9.17) is 23.2 Å². The summed E-state index contributed by atoms with van der Waals surface area (Å²) in [4.78, 5) is 0. The summed E-state index contributed by atoms with van der Waals surface area (Å²) in [5, 5.41) is 9.08. The molecule has 0 unspecified atom stereocenters. The number of benzene rings is 1. The summed E-state index contributed by atoms with van der Waals surface area (Å²) in [6.45, 7) is 5.12. The zero-order valence-corrected chi connectivity index (χ0v) is 13.8. The molecule has 1 aromatic carbocycles. The topological polar surface area (TPSA) is 30.7 Å². The van der Waals surface area contributed by atoms with Gasteiger partial charge in [-0.3, -0.25) is 0 Å². The first-order valence-corrected chi connectivity index (χ1v) is 7.67. The van der Waals surface area contributed by atoms with Crippen LogP contribution in [0.15, 0.2) is 22.7 Å². The van der Waals surface area contributed by atoms with Gasteiger partial charge in [0.2, 0.25) is 0 Å². The highest BCUT2D eigenvalue weighted by Crippen LogP contribution is 2.30. The molecule has 0 bridgehead atoms. The van der Waals surface area contributed by atoms with Crippen LogP contribution in [0.3, 0.4) is 0 Å². The predicted octanol–water partition coefficient (Wildman–Crippen LogP) is 4.76. The Hall–Kier alpha value is -0.580. The first-order valence-electron chi connectivity index (χ1n) is 5.96. The molecule has 0 radical (unpaired) electrons. The van der Waals surface area contributed by atoms with Gasteiger partial charge in [0.15, 0.2) is 5.82 Å². The lowest BCUT2D eigenvalue weighted by molar-refractivity contribution is 0.515. The smallest absolute Gasteiger partial charge is 0.165 e. The van der Waals surface area contributed by atoms with E-state index in [-0.39, 0.29) is 0 Å². The van der Waals surface area contributed by atoms with Crippen molar-refractivity contribution < 1.29 is 0 Å². The molecule has 0 saturated carbocycles. The predicted molar refractivity (Wildman–Crippen MR) is 82.6 cm³/mol. The number of nitrogens with zero attached hydrogens (tertiary/aromatic N) is 3. The van der Waals surface area contributed by atoms with Gasteiger partial charge in [-0.1, -0.05) is 41.4 Å². The van der Waals surface area contributed by atoms with Gasteiger partial charge in [-0.2, -0.15) is 0 Å². The highest BCUT2D eigenvalue weighted by molar-refractivity contribution is 9.10. The van der Waals surface area contributed by atoms with Crippen molar-refractivity contribution in [2.45, 2.75) is 26.3 Å². The van der Waals surface area contributed by atoms with E-state index in [0.717, 1.165) is 28.2 Å². The molecule has 2 rings (SSSR count). The molecule has 0 aliphatic heterocycles. The lowest BCUT2D eigenvalue weighted by Crippen LogP contribution is -2.09. The van der Waals surface area contributed by atoms with E-state index in [1.807, 2.05) is 22.8 Å². The Morgan fingerprint density at radius 1 is 1.32 bits per heavy atom. The molecular weight excluding hydrogens is 349 g/mol. The quantitative estimate of drug-likeness (QED) is 0.734. The van der Waals surface area contributed by atoms with Gasteiger partial charge in [-0.05, 0) is 24.1 Å². The van der Waals surface area contributed by atoms with Crippen molar-refractivity contribution in [1.82, 2.24) is 14.8 Å². The number of aromatic nitrogens is 3. The normalized spacial score (nSPS) is 11.3. The average molecular weight is 363 g/mol. The van der Waals surface area contributed by atoms with E-state index in [2.05, 4.69) is 40.0 Å². The monoisotopic (exact) mass is 361 g/mol. The molecule has 19 heavy (non-hydrogen) atoms. The number of halogens is 3. The van der Waals surface area contributed by atoms with Crippen LogP contribution in [0.5, 0.6) is 0 Å². The van der Waals surface area contributed by atoms with Crippen molar-refractivity contribution >= 4 is 39.1 Å². The van der Waals surface area contributed by atoms with E-state index in [1.54, 1.807) is 0 Å². The van der Waals surface area contributed by atoms with Crippen molar-refractivity contribution in [1.29, 1.82) is 0 Å². The van der Waals surface area contributed by atoms with E-state index in [9.17, 15) is 0 Å². The molecular formula is C13H14BrCl2N3. The van der Waals surface area contributed by atoms with Gasteiger partial charge in [0.25, 0.3) is 0 Å². The maximum atomic E-state index is 6.06. The van der Waals surface area contributed by atoms with Crippen molar-refractivity contribution in [2.75, 3.05) is 0 Å². The Bertz CT molecular complexity index is 581. The van der Waals surface area contributed by atoms with Crippen LogP contribution in [-0.2, 0) is 12.4 Å². The molecule has 0 saturated heterocycles. The van der Waals surface area contributed by atoms with Crippen LogP contribution in [-0.4, -0.2) is 14.8 Å². The maximum Gasteiger partial charge on any atom is 0.165 e. The van der Waals surface area contributed by atoms with E-state index < -0.39 is 0 Å². The van der Waals surface area contributed by atoms with Crippen molar-refractivity contribution in [2.24, 2.45) is 5.92 Å². The zero-order valence-electron chi connectivity index (χ0n) is 10.7. The molecule has 0 amide bonds. The standard InChI is InChI=1S/C13H14BrCl2N3/c1-8(2)7-19-12(6-15)17-18-13(19)10-5-9(16)3-4-11(10)14/h3-5,8H,6-7H2,1-2H3. The fraction of sp³-hybridized carbons (Fsp3) is 0.385. The van der Waals surface area contributed by atoms with Crippen LogP contribution < -0.4 is 0 Å². The summed E-state index contributed by atoms with van der Waals surface area (Å²) < 4.78 is 2.99. The summed E-state index contributed by atoms with van der Waals surface area (Å²) in [7, 11) is 0. The van der Waals surface area contributed by atoms with E-state index in [0.29, 0.717) is 16.8 Å². The number of rotatable bonds is 4. The molecule has 1 heterocycles. The van der Waals surface area contributed by atoms with Gasteiger partial charge in [0, 0.05) is 21.6 Å². The highest BCUT2D eigenvalue weighted by Gasteiger charge is 2.16. The van der Waals surface area contributed by atoms with E-state index >= 15 is 0 Å². The summed E-state index contributed by atoms with van der Waals surface area (Å²) in [6.07, 6.45) is 0. The van der Waals surface area contributed by atoms with Gasteiger partial charge in [-0.15, -0.1) is 21.8 Å². The molecule has 0 spiro atoms. The lowest BCUT2D eigenvalue weighted by atomic mass is 10.2. The molecule has 6 heteroatoms. The second kappa shape index (κ2) is 6.25. The van der Waals surface area contributed by atoms with Crippen LogP contribution in [0.4, 0.5) is 0 Å². The van der Waals surface area contributed by atoms with Crippen LogP contribution in [0.25, 0.3) is 11.4 Å². The minimum absolute atomic E-state index is 0.345. The first-order chi connectivity index (χ1) is 9.02. The van der Waals surface area contributed by atoms with Crippen molar-refractivity contribution in [3.8, 4) is 11.4 Å². The fourth-order valence-electron chi connectivity index (χ4n) is 1.86. The minimum Gasteiger partial charge on any atom is -0.310 e. The van der Waals surface area contributed by atoms with Gasteiger partial charge < -0.3 is 4.57 Å². The largest absolute Gasteiger partial charge is 0.310 e. The lowest BCUT2D eigenvalue weighted by Gasteiger charge is -2.12. The summed E-state index contributed by atoms with van der Waals surface area (Å²) in [6, 6.07) is 5.62. The molecule has 0 N–H and O–H groups in total. The molecule has 1 aromatic heterocycles. The number of alkyl halides is 1. The summed E-state index contributed by atoms with van der Waals surface area (Å²) in [5.41, 5.74) is 0.928. The number of hydrogen-bond donors (Lipinski definition) is 0. The van der Waals surface area contributed by atoms with Gasteiger partial charge in [0.05, 0.1) is 5.88 Å². The molecule has 0 aliphatic carbocycles. The number of hydrogen-bond acceptors (Lipinski definition) is 2. The van der Waals surface area contributed by atoms with Crippen LogP contribution >= 0.6 is 39.1 Å². The third-order valence-electron chi connectivity index (χ3n) is 2.66. The molecule has 0 aliphatic rings. The van der Waals surface area contributed by atoms with Crippen LogP contribution in [0.1, 0.15) is 19.7 Å². The SMILES string of the molecule is CC(C)Cn1c(CCl)nnc1-c1cc(Cl)ccc1Br. The third kappa shape index (κ3) is 3.30. The Kier molecular flexibility index (Phi) is 4.87. The Balaban J connectivity index is 2.55. The Morgan fingerprint density at radius 2 is 2.05 bits per heavy atom. The maximum absolute atomic E-state index is 6.06. The van der Waals surface area contributed by atoms with Gasteiger partial charge in [0.1, 0.15) is 5.82 Å². The summed E-state index contributed by atoms with van der Waals surface area (Å²) in [5.74, 6) is 2.39. The minimum atomic E-state index is 0.345. The Labute approximate surface area is 131 Å². The zero-order chi connectivity index (χ0) is 14.0. The van der Waals surface area contributed by atoms with Gasteiger partial charge >= 0.3 is 0 Å². The molecule has 0 fully saturated rings. The average Bonchev–Trinajstić information content (AvgIpc) is 2.74. The van der Waals surface area contributed by atoms with Crippen LogP contribution in [0, 0.1) is 5.92 Å². The molecule has 2 aromatic rings. The molecule has 0 atom stereocenters. The second-order valence-electron chi connectivity index (χ2n) is 4.70. The van der Waals surface area contributed by atoms with E-state index in [1.165, 1.54) is 0 Å². The summed E-state index contributed by atoms with van der Waals surface area (Å²) >= 11 is 15.5. The Morgan fingerprint density at radius 3 is 2.68 bits per heavy atom. The van der Waals surface area contributed by atoms with Crippen molar-refractivity contribution in [3.05, 3.63) is 33.5 Å². The van der Waals surface area contributed by atoms with Gasteiger partial charge in [-0.25, -0.2) is 0 Å². The molecule has 3 nitrogen and oxygen atoms in total. The highest BCUT2D eigenvalue weighted by atomic mass is 79.9. The first kappa shape index (κ1) is 14.8. The van der Waals surface area contributed by atoms with Crippen LogP contribution in [0.2, 0.25) is 5.02 Å².